The van der Waals surface area contributed by atoms with Gasteiger partial charge in [-0.3, -0.25) is 9.59 Å². The Morgan fingerprint density at radius 1 is 1.09 bits per heavy atom. The van der Waals surface area contributed by atoms with Crippen molar-refractivity contribution in [3.63, 3.8) is 0 Å². The monoisotopic (exact) mass is 433 g/mol. The number of nitrogens with zero attached hydrogens (tertiary/aromatic N) is 1. The number of hydrogen-bond acceptors (Lipinski definition) is 4. The number of hydrogen-bond donors (Lipinski definition) is 1. The Bertz CT molecular complexity index is 1070. The maximum Gasteiger partial charge on any atom is 0.295 e. The Hall–Kier alpha value is -3.08. The van der Waals surface area contributed by atoms with Gasteiger partial charge in [-0.15, -0.1) is 0 Å². The fourth-order valence-corrected chi connectivity index (χ4v) is 4.90. The van der Waals surface area contributed by atoms with Crippen LogP contribution in [0.5, 0.6) is 5.75 Å². The molecule has 2 fully saturated rings. The molecule has 2 aromatic rings. The van der Waals surface area contributed by atoms with E-state index in [9.17, 15) is 14.7 Å². The lowest BCUT2D eigenvalue weighted by Crippen LogP contribution is -2.37. The molecule has 0 bridgehead atoms. The molecule has 1 N–H and O–H groups in total. The Morgan fingerprint density at radius 3 is 2.50 bits per heavy atom. The van der Waals surface area contributed by atoms with Gasteiger partial charge in [0.25, 0.3) is 11.7 Å². The lowest BCUT2D eigenvalue weighted by Gasteiger charge is -2.31. The number of ether oxygens (including phenoxy) is 1. The molecular formula is C27H31NO4. The maximum absolute atomic E-state index is 13.2. The topological polar surface area (TPSA) is 66.8 Å². The van der Waals surface area contributed by atoms with Gasteiger partial charge >= 0.3 is 0 Å². The first-order chi connectivity index (χ1) is 15.4. The molecule has 1 saturated carbocycles. The third-order valence-corrected chi connectivity index (χ3v) is 6.47. The molecule has 1 atom stereocenters. The number of rotatable bonds is 6. The van der Waals surface area contributed by atoms with Gasteiger partial charge in [-0.1, -0.05) is 49.6 Å². The van der Waals surface area contributed by atoms with Gasteiger partial charge in [0.2, 0.25) is 0 Å². The fraction of sp³-hybridized carbons (Fsp3) is 0.407. The lowest BCUT2D eigenvalue weighted by molar-refractivity contribution is -0.141. The van der Waals surface area contributed by atoms with Crippen LogP contribution in [0, 0.1) is 13.8 Å². The molecule has 5 nitrogen and oxygen atoms in total. The summed E-state index contributed by atoms with van der Waals surface area (Å²) in [6.07, 6.45) is 4.78. The van der Waals surface area contributed by atoms with Crippen LogP contribution in [0.15, 0.2) is 48.0 Å². The fourth-order valence-electron chi connectivity index (χ4n) is 4.90. The summed E-state index contributed by atoms with van der Waals surface area (Å²) in [5.74, 6) is -0.486. The van der Waals surface area contributed by atoms with E-state index in [4.69, 9.17) is 4.74 Å². The number of aryl methyl sites for hydroxylation is 2. The van der Waals surface area contributed by atoms with Gasteiger partial charge < -0.3 is 14.7 Å². The Balaban J connectivity index is 1.82. The van der Waals surface area contributed by atoms with Crippen molar-refractivity contribution in [3.8, 4) is 5.75 Å². The van der Waals surface area contributed by atoms with E-state index >= 15 is 0 Å². The van der Waals surface area contributed by atoms with Crippen LogP contribution in [0.1, 0.15) is 67.3 Å². The van der Waals surface area contributed by atoms with Gasteiger partial charge in [0.15, 0.2) is 0 Å². The Kier molecular flexibility index (Phi) is 6.35. The van der Waals surface area contributed by atoms with Gasteiger partial charge in [0.05, 0.1) is 18.2 Å². The van der Waals surface area contributed by atoms with E-state index in [1.807, 2.05) is 57.2 Å². The van der Waals surface area contributed by atoms with Crippen LogP contribution in [-0.2, 0) is 9.59 Å². The highest BCUT2D eigenvalue weighted by Gasteiger charge is 2.49. The van der Waals surface area contributed by atoms with Gasteiger partial charge in [-0.2, -0.15) is 0 Å². The third kappa shape index (κ3) is 4.04. The van der Waals surface area contributed by atoms with E-state index in [0.717, 1.165) is 54.5 Å². The molecule has 168 valence electrons. The van der Waals surface area contributed by atoms with Crippen LogP contribution in [0.3, 0.4) is 0 Å². The van der Waals surface area contributed by atoms with E-state index < -0.39 is 17.7 Å². The molecule has 0 radical (unpaired) electrons. The van der Waals surface area contributed by atoms with Crippen molar-refractivity contribution in [2.75, 3.05) is 6.61 Å². The normalized spacial score (nSPS) is 20.8. The number of aliphatic hydroxyl groups is 1. The van der Waals surface area contributed by atoms with Gasteiger partial charge in [0.1, 0.15) is 11.5 Å². The summed E-state index contributed by atoms with van der Waals surface area (Å²) >= 11 is 0. The highest BCUT2D eigenvalue weighted by atomic mass is 16.5. The number of likely N-dealkylation sites (tertiary alicyclic amines) is 1. The van der Waals surface area contributed by atoms with E-state index in [1.54, 1.807) is 11.0 Å². The van der Waals surface area contributed by atoms with Gasteiger partial charge in [0, 0.05) is 11.6 Å². The number of carbonyl (C=O) groups is 2. The van der Waals surface area contributed by atoms with Crippen molar-refractivity contribution < 1.29 is 19.4 Å². The number of benzene rings is 2. The summed E-state index contributed by atoms with van der Waals surface area (Å²) in [7, 11) is 0. The average molecular weight is 434 g/mol. The first-order valence-electron chi connectivity index (χ1n) is 11.5. The second kappa shape index (κ2) is 9.19. The molecule has 2 aliphatic rings. The van der Waals surface area contributed by atoms with Crippen molar-refractivity contribution in [2.45, 2.75) is 65.0 Å². The first-order valence-corrected chi connectivity index (χ1v) is 11.5. The van der Waals surface area contributed by atoms with Crippen molar-refractivity contribution in [1.29, 1.82) is 0 Å². The summed E-state index contributed by atoms with van der Waals surface area (Å²) in [5, 5.41) is 11.3. The third-order valence-electron chi connectivity index (χ3n) is 6.47. The second-order valence-electron chi connectivity index (χ2n) is 8.89. The van der Waals surface area contributed by atoms with Crippen LogP contribution in [0.25, 0.3) is 5.76 Å². The molecule has 1 amide bonds. The summed E-state index contributed by atoms with van der Waals surface area (Å²) < 4.78 is 5.75. The highest BCUT2D eigenvalue weighted by Crippen LogP contribution is 2.43. The van der Waals surface area contributed by atoms with Gasteiger partial charge in [-0.05, 0) is 62.4 Å². The van der Waals surface area contributed by atoms with Crippen molar-refractivity contribution in [2.24, 2.45) is 0 Å². The molecule has 1 saturated heterocycles. The highest BCUT2D eigenvalue weighted by molar-refractivity contribution is 6.46. The summed E-state index contributed by atoms with van der Waals surface area (Å²) in [5.41, 5.74) is 3.48. The SMILES string of the molecule is CCCOc1ccc(/C(O)=C2/C(=O)C(=O)N(C3CCCC3)C2c2cccc(C)c2)cc1C. The number of Topliss-reactive ketones (excluding diaryl/α,β-unsaturated/α-hetero) is 1. The summed E-state index contributed by atoms with van der Waals surface area (Å²) in [4.78, 5) is 28.1. The van der Waals surface area contributed by atoms with Crippen molar-refractivity contribution in [3.05, 3.63) is 70.3 Å². The molecule has 1 aliphatic carbocycles. The maximum atomic E-state index is 13.2. The minimum Gasteiger partial charge on any atom is -0.507 e. The van der Waals surface area contributed by atoms with E-state index in [-0.39, 0.29) is 17.4 Å². The molecule has 0 aromatic heterocycles. The zero-order valence-corrected chi connectivity index (χ0v) is 19.1. The Morgan fingerprint density at radius 2 is 1.84 bits per heavy atom. The standard InChI is InChI=1S/C27H31NO4/c1-4-14-32-22-13-12-20(16-18(22)3)25(29)23-24(19-9-7-8-17(2)15-19)28(27(31)26(23)30)21-10-5-6-11-21/h7-9,12-13,15-16,21,24,29H,4-6,10-11,14H2,1-3H3/b25-23-. The smallest absolute Gasteiger partial charge is 0.295 e. The molecule has 1 unspecified atom stereocenters. The zero-order valence-electron chi connectivity index (χ0n) is 19.1. The molecule has 5 heteroatoms. The van der Waals surface area contributed by atoms with Crippen LogP contribution in [0.2, 0.25) is 0 Å². The predicted octanol–water partition coefficient (Wildman–Crippen LogP) is 5.46. The minimum absolute atomic E-state index is 0.0221. The number of carbonyl (C=O) groups excluding carboxylic acids is 2. The van der Waals surface area contributed by atoms with E-state index in [2.05, 4.69) is 0 Å². The largest absolute Gasteiger partial charge is 0.507 e. The second-order valence-corrected chi connectivity index (χ2v) is 8.89. The average Bonchev–Trinajstić information content (AvgIpc) is 3.39. The zero-order chi connectivity index (χ0) is 22.8. The molecular weight excluding hydrogens is 402 g/mol. The van der Waals surface area contributed by atoms with Crippen LogP contribution < -0.4 is 4.74 Å². The summed E-state index contributed by atoms with van der Waals surface area (Å²) in [6, 6.07) is 12.7. The molecule has 1 heterocycles. The van der Waals surface area contributed by atoms with E-state index in [0.29, 0.717) is 12.2 Å². The molecule has 4 rings (SSSR count). The molecule has 2 aromatic carbocycles. The van der Waals surface area contributed by atoms with Crippen LogP contribution in [-0.4, -0.2) is 34.3 Å². The number of ketones is 1. The number of aliphatic hydroxyl groups excluding tert-OH is 1. The predicted molar refractivity (Wildman–Crippen MR) is 125 cm³/mol. The van der Waals surface area contributed by atoms with Crippen molar-refractivity contribution in [1.82, 2.24) is 4.90 Å². The molecule has 32 heavy (non-hydrogen) atoms. The lowest BCUT2D eigenvalue weighted by atomic mass is 9.93. The summed E-state index contributed by atoms with van der Waals surface area (Å²) in [6.45, 7) is 6.57. The first kappa shape index (κ1) is 22.1. The van der Waals surface area contributed by atoms with Crippen LogP contribution in [0.4, 0.5) is 0 Å². The molecule has 0 spiro atoms. The Labute approximate surface area is 189 Å². The number of amides is 1. The minimum atomic E-state index is -0.607. The van der Waals surface area contributed by atoms with Gasteiger partial charge in [-0.25, -0.2) is 0 Å². The van der Waals surface area contributed by atoms with E-state index in [1.165, 1.54) is 0 Å². The quantitative estimate of drug-likeness (QED) is 0.373. The van der Waals surface area contributed by atoms with Crippen molar-refractivity contribution >= 4 is 17.4 Å². The molecule has 1 aliphatic heterocycles. The van der Waals surface area contributed by atoms with Crippen LogP contribution >= 0.6 is 0 Å².